The molecule has 1 amide bonds. The zero-order valence-electron chi connectivity index (χ0n) is 11.3. The van der Waals surface area contributed by atoms with Crippen molar-refractivity contribution < 1.29 is 14.4 Å². The largest absolute Gasteiger partial charge is 0.350 e. The van der Waals surface area contributed by atoms with Gasteiger partial charge in [-0.15, -0.1) is 0 Å². The average Bonchev–Trinajstić information content (AvgIpc) is 2.33. The number of piperidine rings is 1. The highest BCUT2D eigenvalue weighted by atomic mass is 35.5. The second-order valence-corrected chi connectivity index (χ2v) is 6.70. The first-order chi connectivity index (χ1) is 9.64. The van der Waals surface area contributed by atoms with E-state index in [4.69, 9.17) is 34.8 Å². The quantitative estimate of drug-likeness (QED) is 0.506. The fourth-order valence-electron chi connectivity index (χ4n) is 2.27. The summed E-state index contributed by atoms with van der Waals surface area (Å²) >= 11 is 17.7. The van der Waals surface area contributed by atoms with E-state index in [0.717, 1.165) is 0 Å². The van der Waals surface area contributed by atoms with Gasteiger partial charge in [0.15, 0.2) is 17.5 Å². The molecular formula is C14H12Cl3NO3. The van der Waals surface area contributed by atoms with Crippen LogP contribution in [0.1, 0.15) is 30.6 Å². The Bertz CT molecular complexity index is 635. The second-order valence-electron chi connectivity index (χ2n) is 5.54. The van der Waals surface area contributed by atoms with Crippen molar-refractivity contribution in [1.82, 2.24) is 5.32 Å². The van der Waals surface area contributed by atoms with Crippen LogP contribution in [0.15, 0.2) is 12.1 Å². The average molecular weight is 349 g/mol. The molecular weight excluding hydrogens is 337 g/mol. The van der Waals surface area contributed by atoms with Gasteiger partial charge in [0.05, 0.1) is 15.1 Å². The summed E-state index contributed by atoms with van der Waals surface area (Å²) < 4.78 is 0. The zero-order valence-corrected chi connectivity index (χ0v) is 13.6. The van der Waals surface area contributed by atoms with Gasteiger partial charge in [0, 0.05) is 17.5 Å². The molecule has 1 atom stereocenters. The molecule has 7 heteroatoms. The van der Waals surface area contributed by atoms with Gasteiger partial charge in [-0.25, -0.2) is 0 Å². The summed E-state index contributed by atoms with van der Waals surface area (Å²) in [6, 6.07) is 2.76. The summed E-state index contributed by atoms with van der Waals surface area (Å²) in [6.07, 6.45) is 0.0775. The normalized spacial score (nSPS) is 21.1. The van der Waals surface area contributed by atoms with Gasteiger partial charge >= 0.3 is 0 Å². The zero-order chi connectivity index (χ0) is 15.9. The van der Waals surface area contributed by atoms with Crippen molar-refractivity contribution in [2.75, 3.05) is 0 Å². The Morgan fingerprint density at radius 2 is 1.81 bits per heavy atom. The van der Waals surface area contributed by atoms with Gasteiger partial charge in [0.1, 0.15) is 0 Å². The molecule has 1 fully saturated rings. The van der Waals surface area contributed by atoms with Crippen LogP contribution in [0.5, 0.6) is 0 Å². The molecule has 0 spiro atoms. The van der Waals surface area contributed by atoms with Gasteiger partial charge in [-0.2, -0.15) is 0 Å². The fourth-order valence-corrected chi connectivity index (χ4v) is 2.90. The summed E-state index contributed by atoms with van der Waals surface area (Å²) in [5.41, 5.74) is -0.647. The first-order valence-electron chi connectivity index (χ1n) is 6.16. The van der Waals surface area contributed by atoms with Crippen molar-refractivity contribution in [3.05, 3.63) is 32.8 Å². The van der Waals surface area contributed by atoms with Crippen LogP contribution in [0.25, 0.3) is 0 Å². The summed E-state index contributed by atoms with van der Waals surface area (Å²) in [5.74, 6) is -3.12. The van der Waals surface area contributed by atoms with Gasteiger partial charge in [0.25, 0.3) is 0 Å². The van der Waals surface area contributed by atoms with Crippen LogP contribution in [0.4, 0.5) is 0 Å². The molecule has 4 nitrogen and oxygen atoms in total. The number of halogens is 3. The van der Waals surface area contributed by atoms with Crippen molar-refractivity contribution in [3.63, 3.8) is 0 Å². The summed E-state index contributed by atoms with van der Waals surface area (Å²) in [6.45, 7) is 3.44. The van der Waals surface area contributed by atoms with Crippen LogP contribution < -0.4 is 5.32 Å². The molecule has 0 bridgehead atoms. The number of hydrogen-bond donors (Lipinski definition) is 1. The number of carbonyl (C=O) groups excluding carboxylic acids is 3. The molecule has 1 aliphatic heterocycles. The summed E-state index contributed by atoms with van der Waals surface area (Å²) in [4.78, 5) is 36.6. The molecule has 0 aliphatic carbocycles. The summed E-state index contributed by atoms with van der Waals surface area (Å²) in [5, 5.41) is 2.81. The number of Topliss-reactive ketones (excluding diaryl/α,β-unsaturated/α-hetero) is 2. The topological polar surface area (TPSA) is 63.2 Å². The smallest absolute Gasteiger partial charge is 0.238 e. The van der Waals surface area contributed by atoms with Crippen LogP contribution in [-0.2, 0) is 9.59 Å². The number of rotatable bonds is 2. The minimum absolute atomic E-state index is 0.0132. The van der Waals surface area contributed by atoms with Gasteiger partial charge in [-0.05, 0) is 26.0 Å². The molecule has 1 aliphatic rings. The Balaban J connectivity index is 2.39. The molecule has 112 valence electrons. The lowest BCUT2D eigenvalue weighted by Crippen LogP contribution is -2.56. The number of hydrogen-bond acceptors (Lipinski definition) is 3. The minimum atomic E-state index is -1.40. The third-order valence-corrected chi connectivity index (χ3v) is 4.52. The lowest BCUT2D eigenvalue weighted by Gasteiger charge is -2.33. The molecule has 0 saturated carbocycles. The predicted molar refractivity (Wildman–Crippen MR) is 81.1 cm³/mol. The molecule has 21 heavy (non-hydrogen) atoms. The van der Waals surface area contributed by atoms with Crippen LogP contribution in [0.2, 0.25) is 15.1 Å². The van der Waals surface area contributed by atoms with Crippen molar-refractivity contribution in [2.24, 2.45) is 5.92 Å². The molecule has 1 unspecified atom stereocenters. The molecule has 0 radical (unpaired) electrons. The molecule has 1 heterocycles. The van der Waals surface area contributed by atoms with E-state index in [1.807, 2.05) is 0 Å². The third-order valence-electron chi connectivity index (χ3n) is 3.22. The number of carbonyl (C=O) groups is 3. The maximum absolute atomic E-state index is 12.4. The first kappa shape index (κ1) is 16.3. The van der Waals surface area contributed by atoms with Crippen LogP contribution in [0.3, 0.4) is 0 Å². The Hall–Kier alpha value is -1.10. The van der Waals surface area contributed by atoms with Gasteiger partial charge in [0.2, 0.25) is 5.91 Å². The van der Waals surface area contributed by atoms with E-state index in [9.17, 15) is 14.4 Å². The maximum atomic E-state index is 12.4. The number of ketones is 2. The standard InChI is InChI=1S/C14H12Cl3NO3/c1-14(2)5-8(19)9(13(21)18-14)12(20)6-3-4-7(15)11(17)10(6)16/h3-4,9H,5H2,1-2H3,(H,18,21). The highest BCUT2D eigenvalue weighted by Gasteiger charge is 2.43. The van der Waals surface area contributed by atoms with Crippen molar-refractivity contribution >= 4 is 52.3 Å². The minimum Gasteiger partial charge on any atom is -0.350 e. The summed E-state index contributed by atoms with van der Waals surface area (Å²) in [7, 11) is 0. The van der Waals surface area contributed by atoms with Gasteiger partial charge in [-0.3, -0.25) is 14.4 Å². The SMILES string of the molecule is CC1(C)CC(=O)C(C(=O)c2ccc(Cl)c(Cl)c2Cl)C(=O)N1. The van der Waals surface area contributed by atoms with E-state index in [0.29, 0.717) is 0 Å². The molecule has 0 aromatic heterocycles. The molecule has 2 rings (SSSR count). The first-order valence-corrected chi connectivity index (χ1v) is 7.30. The second kappa shape index (κ2) is 5.59. The molecule has 1 aromatic carbocycles. The number of benzene rings is 1. The highest BCUT2D eigenvalue weighted by molar-refractivity contribution is 6.49. The third kappa shape index (κ3) is 3.07. The monoisotopic (exact) mass is 347 g/mol. The fraction of sp³-hybridized carbons (Fsp3) is 0.357. The molecule has 1 saturated heterocycles. The van der Waals surface area contributed by atoms with E-state index in [-0.39, 0.29) is 27.1 Å². The number of nitrogens with one attached hydrogen (secondary N) is 1. The van der Waals surface area contributed by atoms with E-state index >= 15 is 0 Å². The Kier molecular flexibility index (Phi) is 4.34. The van der Waals surface area contributed by atoms with Crippen molar-refractivity contribution in [1.29, 1.82) is 0 Å². The van der Waals surface area contributed by atoms with E-state index in [1.165, 1.54) is 12.1 Å². The molecule has 1 N–H and O–H groups in total. The highest BCUT2D eigenvalue weighted by Crippen LogP contribution is 2.34. The van der Waals surface area contributed by atoms with Gasteiger partial charge in [-0.1, -0.05) is 34.8 Å². The predicted octanol–water partition coefficient (Wildman–Crippen LogP) is 3.31. The van der Waals surface area contributed by atoms with E-state index < -0.39 is 28.9 Å². The van der Waals surface area contributed by atoms with Gasteiger partial charge < -0.3 is 5.32 Å². The van der Waals surface area contributed by atoms with Crippen LogP contribution in [-0.4, -0.2) is 23.0 Å². The van der Waals surface area contributed by atoms with Crippen LogP contribution in [0, 0.1) is 5.92 Å². The van der Waals surface area contributed by atoms with Crippen molar-refractivity contribution in [3.8, 4) is 0 Å². The lowest BCUT2D eigenvalue weighted by molar-refractivity contribution is -0.137. The lowest BCUT2D eigenvalue weighted by atomic mass is 9.81. The number of amides is 1. The van der Waals surface area contributed by atoms with E-state index in [1.54, 1.807) is 13.8 Å². The van der Waals surface area contributed by atoms with Crippen LogP contribution >= 0.6 is 34.8 Å². The molecule has 1 aromatic rings. The van der Waals surface area contributed by atoms with Crippen molar-refractivity contribution in [2.45, 2.75) is 25.8 Å². The Labute approximate surface area is 136 Å². The maximum Gasteiger partial charge on any atom is 0.238 e. The van der Waals surface area contributed by atoms with E-state index in [2.05, 4.69) is 5.32 Å². The Morgan fingerprint density at radius 3 is 2.38 bits per heavy atom. The Morgan fingerprint density at radius 1 is 1.19 bits per heavy atom.